The van der Waals surface area contributed by atoms with E-state index in [9.17, 15) is 34.5 Å². The monoisotopic (exact) mass is 658 g/mol. The molecule has 2 aliphatic heterocycles. The van der Waals surface area contributed by atoms with Crippen molar-refractivity contribution >= 4 is 85.1 Å². The SMILES string of the molecule is CCO/N=C(/C(=O)N[C@@H]1C(=O)N2C(C(=O)O)=C(CSc3cc(=O)c4cc([O-])c(O)cc4s3)CS[C@H]12)c1nsc(N)n1.[Na+]. The molecule has 1 aromatic carbocycles. The molecule has 1 fully saturated rings. The van der Waals surface area contributed by atoms with Crippen LogP contribution in [0.5, 0.6) is 11.5 Å². The van der Waals surface area contributed by atoms with Gasteiger partial charge in [-0.3, -0.25) is 19.3 Å². The molecule has 5 N–H and O–H groups in total. The van der Waals surface area contributed by atoms with Crippen LogP contribution >= 0.6 is 46.4 Å². The Balaban J connectivity index is 0.00000405. The zero-order valence-electron chi connectivity index (χ0n) is 21.9. The molecule has 19 heteroatoms. The minimum absolute atomic E-state index is 0. The van der Waals surface area contributed by atoms with Gasteiger partial charge in [-0.25, -0.2) is 4.79 Å². The zero-order valence-corrected chi connectivity index (χ0v) is 27.1. The van der Waals surface area contributed by atoms with Crippen LogP contribution in [0.15, 0.2) is 43.6 Å². The third-order valence-corrected chi connectivity index (χ3v) is 10.1. The van der Waals surface area contributed by atoms with E-state index in [-0.39, 0.29) is 75.4 Å². The van der Waals surface area contributed by atoms with Crippen LogP contribution < -0.4 is 51.1 Å². The van der Waals surface area contributed by atoms with E-state index in [0.717, 1.165) is 22.5 Å². The summed E-state index contributed by atoms with van der Waals surface area (Å²) in [5.41, 5.74) is 5.21. The number of carboxylic acid groups (broad SMARTS) is 1. The largest absolute Gasteiger partial charge is 1.00 e. The third kappa shape index (κ3) is 6.24. The number of rotatable bonds is 9. The molecular weight excluding hydrogens is 640 g/mol. The fraction of sp³-hybridized carbons (Fsp3) is 0.261. The maximum Gasteiger partial charge on any atom is 1.00 e. The van der Waals surface area contributed by atoms with Gasteiger partial charge in [0, 0.05) is 39.2 Å². The fourth-order valence-electron chi connectivity index (χ4n) is 4.03. The number of nitrogens with zero attached hydrogens (tertiary/aromatic N) is 4. The van der Waals surface area contributed by atoms with Crippen molar-refractivity contribution in [3.05, 3.63) is 45.5 Å². The van der Waals surface area contributed by atoms with Crippen LogP contribution in [-0.2, 0) is 19.2 Å². The molecule has 2 amide bonds. The standard InChI is InChI=1S/C23H20N6O8S4.Na/c1-2-37-27-15(18-26-23(24)41-28-18)19(33)25-16-20(34)29-17(22(35)36)8(7-39-21(16)29)6-38-14-5-10(30)9-3-11(31)12(32)4-13(9)40-14;/h3-5,16,21,31-32H,2,6-7H2,1H3,(H,25,33)(H,35,36)(H2,24,26,28);/q;+1/p-1/b27-15+;/t16-,21-;/m1./s1. The van der Waals surface area contributed by atoms with Crippen LogP contribution in [0.3, 0.4) is 0 Å². The van der Waals surface area contributed by atoms with Gasteiger partial charge in [-0.15, -0.1) is 34.9 Å². The second-order valence-electron chi connectivity index (χ2n) is 8.47. The van der Waals surface area contributed by atoms with Gasteiger partial charge in [0.1, 0.15) is 29.5 Å². The minimum atomic E-state index is -1.30. The number of carbonyl (C=O) groups excluding carboxylic acids is 2. The van der Waals surface area contributed by atoms with E-state index in [1.807, 2.05) is 0 Å². The van der Waals surface area contributed by atoms with Crippen molar-refractivity contribution < 1.29 is 64.1 Å². The fourth-order valence-corrected chi connectivity index (χ4v) is 8.19. The van der Waals surface area contributed by atoms with Crippen molar-refractivity contribution in [2.45, 2.75) is 22.5 Å². The predicted molar refractivity (Wildman–Crippen MR) is 152 cm³/mol. The summed E-state index contributed by atoms with van der Waals surface area (Å²) in [6.45, 7) is 1.83. The smallest absolute Gasteiger partial charge is 0.870 e. The van der Waals surface area contributed by atoms with E-state index in [1.54, 1.807) is 6.92 Å². The first-order chi connectivity index (χ1) is 19.6. The quantitative estimate of drug-likeness (QED) is 0.0628. The van der Waals surface area contributed by atoms with Crippen LogP contribution in [0.25, 0.3) is 10.1 Å². The summed E-state index contributed by atoms with van der Waals surface area (Å²) in [6, 6.07) is 2.64. The molecule has 0 spiro atoms. The van der Waals surface area contributed by atoms with Gasteiger partial charge in [0.25, 0.3) is 11.8 Å². The first kappa shape index (κ1) is 32.1. The number of phenols is 1. The number of phenolic OH excluding ortho intramolecular Hbond substituents is 1. The summed E-state index contributed by atoms with van der Waals surface area (Å²) in [6.07, 6.45) is 0. The van der Waals surface area contributed by atoms with Gasteiger partial charge >= 0.3 is 35.5 Å². The van der Waals surface area contributed by atoms with Crippen molar-refractivity contribution in [1.29, 1.82) is 0 Å². The number of oxime groups is 1. The third-order valence-electron chi connectivity index (χ3n) is 5.86. The molecule has 5 rings (SSSR count). The number of hydrogen-bond donors (Lipinski definition) is 4. The molecule has 42 heavy (non-hydrogen) atoms. The summed E-state index contributed by atoms with van der Waals surface area (Å²) in [7, 11) is 0. The number of aromatic hydroxyl groups is 1. The molecule has 3 aromatic rings. The van der Waals surface area contributed by atoms with Crippen molar-refractivity contribution in [2.24, 2.45) is 5.16 Å². The average molecular weight is 659 g/mol. The number of β-lactam (4-membered cyclic amide) rings is 1. The Hall–Kier alpha value is -2.87. The molecule has 214 valence electrons. The maximum absolute atomic E-state index is 13.1. The van der Waals surface area contributed by atoms with Crippen LogP contribution in [0.2, 0.25) is 0 Å². The van der Waals surface area contributed by atoms with Gasteiger partial charge in [0.15, 0.2) is 10.6 Å². The summed E-state index contributed by atoms with van der Waals surface area (Å²) in [5.74, 6) is -3.47. The van der Waals surface area contributed by atoms with Gasteiger partial charge in [0.05, 0.1) is 4.21 Å². The van der Waals surface area contributed by atoms with E-state index in [0.29, 0.717) is 14.5 Å². The molecule has 0 saturated carbocycles. The molecule has 2 aliphatic rings. The Morgan fingerprint density at radius 2 is 2.10 bits per heavy atom. The Morgan fingerprint density at radius 3 is 2.76 bits per heavy atom. The second kappa shape index (κ2) is 13.2. The maximum atomic E-state index is 13.1. The Labute approximate surface area is 275 Å². The first-order valence-corrected chi connectivity index (χ1v) is 15.3. The van der Waals surface area contributed by atoms with E-state index in [2.05, 4.69) is 19.8 Å². The molecule has 0 radical (unpaired) electrons. The van der Waals surface area contributed by atoms with Crippen LogP contribution in [0, 0.1) is 0 Å². The minimum Gasteiger partial charge on any atom is -0.870 e. The number of carboxylic acids is 1. The molecule has 0 unspecified atom stereocenters. The molecule has 14 nitrogen and oxygen atoms in total. The number of amides is 2. The van der Waals surface area contributed by atoms with E-state index in [1.165, 1.54) is 47.0 Å². The van der Waals surface area contributed by atoms with E-state index < -0.39 is 46.1 Å². The molecule has 4 heterocycles. The van der Waals surface area contributed by atoms with Crippen LogP contribution in [0.4, 0.5) is 5.13 Å². The number of anilines is 1. The second-order valence-corrected chi connectivity index (χ2v) is 12.7. The number of aliphatic carboxylic acids is 1. The number of carbonyl (C=O) groups is 3. The first-order valence-electron chi connectivity index (χ1n) is 11.7. The summed E-state index contributed by atoms with van der Waals surface area (Å²) >= 11 is 4.51. The molecular formula is C23H19N6NaO8S4. The Bertz CT molecular complexity index is 1710. The number of hydrogen-bond acceptors (Lipinski definition) is 15. The summed E-state index contributed by atoms with van der Waals surface area (Å²) < 4.78 is 4.93. The molecule has 0 bridgehead atoms. The van der Waals surface area contributed by atoms with Gasteiger partial charge in [-0.2, -0.15) is 9.36 Å². The van der Waals surface area contributed by atoms with Crippen molar-refractivity contribution in [3.63, 3.8) is 0 Å². The summed E-state index contributed by atoms with van der Waals surface area (Å²) in [5, 5.41) is 37.3. The number of thioether (sulfide) groups is 2. The molecule has 2 atom stereocenters. The summed E-state index contributed by atoms with van der Waals surface area (Å²) in [4.78, 5) is 60.8. The Morgan fingerprint density at radius 1 is 1.33 bits per heavy atom. The number of aromatic nitrogens is 2. The average Bonchev–Trinajstić information content (AvgIpc) is 3.36. The van der Waals surface area contributed by atoms with Gasteiger partial charge in [-0.1, -0.05) is 17.0 Å². The normalized spacial score (nSPS) is 18.3. The van der Waals surface area contributed by atoms with Crippen molar-refractivity contribution in [3.8, 4) is 11.5 Å². The van der Waals surface area contributed by atoms with Gasteiger partial charge in [-0.05, 0) is 18.6 Å². The molecule has 2 aromatic heterocycles. The number of benzene rings is 1. The van der Waals surface area contributed by atoms with Crippen molar-refractivity contribution in [1.82, 2.24) is 19.6 Å². The number of nitrogens with one attached hydrogen (secondary N) is 1. The number of nitrogen functional groups attached to an aromatic ring is 1. The topological polar surface area (TPSA) is 220 Å². The number of nitrogens with two attached hydrogens (primary N) is 1. The van der Waals surface area contributed by atoms with E-state index in [4.69, 9.17) is 10.6 Å². The molecule has 0 aliphatic carbocycles. The van der Waals surface area contributed by atoms with E-state index >= 15 is 0 Å². The van der Waals surface area contributed by atoms with Gasteiger partial charge < -0.3 is 31.2 Å². The van der Waals surface area contributed by atoms with Crippen LogP contribution in [0.1, 0.15) is 12.7 Å². The van der Waals surface area contributed by atoms with Crippen LogP contribution in [-0.4, -0.2) is 77.5 Å². The van der Waals surface area contributed by atoms with Crippen molar-refractivity contribution in [2.75, 3.05) is 23.8 Å². The predicted octanol–water partition coefficient (Wildman–Crippen LogP) is -2.25. The Kier molecular flexibility index (Phi) is 10.1. The zero-order chi connectivity index (χ0) is 29.4. The van der Waals surface area contributed by atoms with Gasteiger partial charge in [0.2, 0.25) is 11.5 Å². The number of fused-ring (bicyclic) bond motifs is 2. The molecule has 1 saturated heterocycles.